The van der Waals surface area contributed by atoms with Gasteiger partial charge in [-0.1, -0.05) is 0 Å². The lowest BCUT2D eigenvalue weighted by atomic mass is 9.73. The van der Waals surface area contributed by atoms with Gasteiger partial charge >= 0.3 is 0 Å². The lowest BCUT2D eigenvalue weighted by Crippen LogP contribution is -2.58. The first-order valence-electron chi connectivity index (χ1n) is 26.1. The monoisotopic (exact) mass is 1020 g/mol. The number of imide groups is 4. The van der Waals surface area contributed by atoms with Crippen LogP contribution >= 0.6 is 0 Å². The van der Waals surface area contributed by atoms with Crippen molar-refractivity contribution in [3.8, 4) is 0 Å². The van der Waals surface area contributed by atoms with E-state index in [4.69, 9.17) is 0 Å². The topological polar surface area (TPSA) is 158 Å². The van der Waals surface area contributed by atoms with Crippen molar-refractivity contribution in [1.82, 2.24) is 20.2 Å². The molecule has 4 aliphatic heterocycles. The Morgan fingerprint density at radius 2 is 0.377 bits per heavy atom. The van der Waals surface area contributed by atoms with Crippen LogP contribution in [-0.2, 0) is 0 Å². The summed E-state index contributed by atoms with van der Waals surface area (Å²) >= 11 is 0. The zero-order valence-electron chi connectivity index (χ0n) is 46.1. The summed E-state index contributed by atoms with van der Waals surface area (Å²) in [6.45, 7) is 30.6. The maximum Gasteiger partial charge on any atom is 0.281 e. The van der Waals surface area contributed by atoms with Crippen molar-refractivity contribution in [2.45, 2.75) is 111 Å². The van der Waals surface area contributed by atoms with Crippen molar-refractivity contribution in [2.75, 3.05) is 7.05 Å². The summed E-state index contributed by atoms with van der Waals surface area (Å²) in [7, 11) is 1.52. The number of fused-ring (bicyclic) bond motifs is 4. The summed E-state index contributed by atoms with van der Waals surface area (Å²) < 4.78 is 0. The summed E-state index contributed by atoms with van der Waals surface area (Å²) in [5, 5.41) is 15.8. The molecule has 0 spiro atoms. The highest BCUT2D eigenvalue weighted by atomic mass is 16.2. The number of nitrogens with one attached hydrogen (secondary N) is 1. The Bertz CT molecular complexity index is 4670. The molecule has 0 aromatic heterocycles. The largest absolute Gasteiger partial charge is 0.288 e. The molecule has 0 radical (unpaired) electrons. The molecule has 12 heteroatoms. The van der Waals surface area contributed by atoms with Gasteiger partial charge in [-0.3, -0.25) is 48.6 Å². The lowest BCUT2D eigenvalue weighted by molar-refractivity contribution is 0.00197. The normalized spacial score (nSPS) is 15.6. The van der Waals surface area contributed by atoms with Gasteiger partial charge in [0.25, 0.3) is 47.3 Å². The number of hydrogen-bond donors (Lipinski definition) is 1. The Kier molecular flexibility index (Phi) is 8.54. The SMILES string of the molecule is Cc1c2c3c(c(C)c(C)c4c5c(C)c(C)c6c7c(c(C)c(C)c(c(c1C)c34)c75)C(=O)N(N1C(=O)c3c(C)c(C)c4c5c(C)c(C)c7c8c(c(C)c(C)c(c9c(C)c(C)c(c3c49)C1=O)c85)C(=O)N(C)C7=O)C6=O)C(=O)NC2=O. The molecule has 4 aliphatic rings. The molecule has 0 bridgehead atoms. The highest BCUT2D eigenvalue weighted by Gasteiger charge is 2.50. The van der Waals surface area contributed by atoms with Gasteiger partial charge < -0.3 is 0 Å². The maximum absolute atomic E-state index is 16.0. The number of carbonyl (C=O) groups is 8. The van der Waals surface area contributed by atoms with Crippen LogP contribution in [0, 0.1) is 111 Å². The number of rotatable bonds is 1. The second-order valence-electron chi connectivity index (χ2n) is 22.8. The second-order valence-corrected chi connectivity index (χ2v) is 22.8. The van der Waals surface area contributed by atoms with E-state index in [0.717, 1.165) is 131 Å². The van der Waals surface area contributed by atoms with E-state index >= 15 is 19.2 Å². The average Bonchev–Trinajstić information content (AvgIpc) is 3.48. The van der Waals surface area contributed by atoms with E-state index in [1.54, 1.807) is 0 Å². The van der Waals surface area contributed by atoms with Gasteiger partial charge in [0.15, 0.2) is 0 Å². The summed E-state index contributed by atoms with van der Waals surface area (Å²) in [6, 6.07) is 0. The Hall–Kier alpha value is -8.64. The van der Waals surface area contributed by atoms with Crippen molar-refractivity contribution in [3.63, 3.8) is 0 Å². The Morgan fingerprint density at radius 1 is 0.208 bits per heavy atom. The molecule has 8 amide bonds. The van der Waals surface area contributed by atoms with E-state index in [-0.39, 0.29) is 34.1 Å². The number of carbonyl (C=O) groups excluding carboxylic acids is 8. The van der Waals surface area contributed by atoms with Gasteiger partial charge in [-0.15, -0.1) is 0 Å². The van der Waals surface area contributed by atoms with Crippen LogP contribution in [0.15, 0.2) is 0 Å². The van der Waals surface area contributed by atoms with Crippen molar-refractivity contribution in [3.05, 3.63) is 134 Å². The van der Waals surface area contributed by atoms with Crippen LogP contribution in [0.4, 0.5) is 0 Å². The fourth-order valence-electron chi connectivity index (χ4n) is 15.3. The Labute approximate surface area is 441 Å². The van der Waals surface area contributed by atoms with Gasteiger partial charge in [-0.2, -0.15) is 10.0 Å². The molecule has 14 rings (SSSR count). The minimum Gasteiger partial charge on any atom is -0.288 e. The maximum atomic E-state index is 16.0. The first-order valence-corrected chi connectivity index (χ1v) is 26.1. The van der Waals surface area contributed by atoms with Gasteiger partial charge in [0, 0.05) is 28.6 Å². The molecular formula is C65H52N4O8. The highest BCUT2D eigenvalue weighted by molar-refractivity contribution is 6.47. The Morgan fingerprint density at radius 3 is 0.584 bits per heavy atom. The molecule has 10 aromatic rings. The first kappa shape index (κ1) is 46.9. The van der Waals surface area contributed by atoms with Gasteiger partial charge in [-0.05, 0) is 264 Å². The van der Waals surface area contributed by atoms with Crippen LogP contribution in [0.3, 0.4) is 0 Å². The fraction of sp³-hybridized carbons (Fsp3) is 0.262. The number of benzene rings is 10. The molecule has 0 atom stereocenters. The standard InChI is InChI=1S/C65H52N4O8/c1-18-26(9)42-54-43(59(71)66-58(42)70)27(10)19(2)35-39-23(6)31(14)47-56-46(30(13)22(5)38(52(39)56)34(18)50(35)54)62(74)68(63(47)75)69-64(76)48-32(15)24(7)40-36-20(3)28(11)44-55-45(61(73)67(17)60(44)72)29(12)21(4)37(51(36)55)41-25(8)33(16)49(65(69)77)57(48)53(40)41/h1-17H3,(H,66,70,71). The second kappa shape index (κ2) is 14.0. The van der Waals surface area contributed by atoms with Gasteiger partial charge in [0.1, 0.15) is 0 Å². The number of nitrogens with zero attached hydrogens (tertiary/aromatic N) is 3. The predicted molar refractivity (Wildman–Crippen MR) is 300 cm³/mol. The quantitative estimate of drug-likeness (QED) is 0.0967. The molecule has 0 saturated carbocycles. The van der Waals surface area contributed by atoms with Crippen LogP contribution < -0.4 is 5.32 Å². The van der Waals surface area contributed by atoms with Crippen LogP contribution in [0.5, 0.6) is 0 Å². The summed E-state index contributed by atoms with van der Waals surface area (Å²) in [5.74, 6) is -4.85. The molecule has 0 unspecified atom stereocenters. The van der Waals surface area contributed by atoms with Crippen LogP contribution in [-0.4, -0.2) is 69.2 Å². The minimum absolute atomic E-state index is 0.210. The molecule has 0 fully saturated rings. The number of hydrogen-bond acceptors (Lipinski definition) is 8. The van der Waals surface area contributed by atoms with E-state index in [9.17, 15) is 19.2 Å². The number of hydrazine groups is 1. The molecule has 10 aromatic carbocycles. The van der Waals surface area contributed by atoms with Crippen LogP contribution in [0.2, 0.25) is 0 Å². The molecule has 77 heavy (non-hydrogen) atoms. The fourth-order valence-corrected chi connectivity index (χ4v) is 15.3. The minimum atomic E-state index is -0.803. The third-order valence-electron chi connectivity index (χ3n) is 20.0. The van der Waals surface area contributed by atoms with Crippen molar-refractivity contribution < 1.29 is 38.4 Å². The predicted octanol–water partition coefficient (Wildman–Crippen LogP) is 12.6. The third kappa shape index (κ3) is 4.70. The van der Waals surface area contributed by atoms with Crippen LogP contribution in [0.25, 0.3) is 86.2 Å². The van der Waals surface area contributed by atoms with Crippen molar-refractivity contribution in [2.24, 2.45) is 0 Å². The zero-order chi connectivity index (χ0) is 55.2. The smallest absolute Gasteiger partial charge is 0.281 e. The van der Waals surface area contributed by atoms with E-state index in [1.165, 1.54) is 11.9 Å². The first-order chi connectivity index (χ1) is 36.3. The molecule has 12 nitrogen and oxygen atoms in total. The summed E-state index contributed by atoms with van der Waals surface area (Å²) in [5.41, 5.74) is 14.3. The zero-order valence-corrected chi connectivity index (χ0v) is 46.1. The summed E-state index contributed by atoms with van der Waals surface area (Å²) in [6.07, 6.45) is 0. The molecule has 380 valence electrons. The van der Waals surface area contributed by atoms with E-state index < -0.39 is 35.4 Å². The number of aryl methyl sites for hydroxylation is 8. The van der Waals surface area contributed by atoms with E-state index in [1.807, 2.05) is 111 Å². The highest BCUT2D eigenvalue weighted by Crippen LogP contribution is 2.56. The van der Waals surface area contributed by atoms with E-state index in [0.29, 0.717) is 76.8 Å². The third-order valence-corrected chi connectivity index (χ3v) is 20.0. The van der Waals surface area contributed by atoms with Gasteiger partial charge in [-0.25, -0.2) is 0 Å². The van der Waals surface area contributed by atoms with Gasteiger partial charge in [0.05, 0.1) is 44.5 Å². The van der Waals surface area contributed by atoms with Crippen LogP contribution in [0.1, 0.15) is 172 Å². The molecule has 0 saturated heterocycles. The van der Waals surface area contributed by atoms with Crippen molar-refractivity contribution >= 4 is 133 Å². The number of amides is 8. The molecule has 4 heterocycles. The molecule has 0 aliphatic carbocycles. The Balaban J connectivity index is 1.07. The lowest BCUT2D eigenvalue weighted by Gasteiger charge is -2.40. The molecule has 1 N–H and O–H groups in total. The van der Waals surface area contributed by atoms with E-state index in [2.05, 4.69) is 5.32 Å². The molecular weight excluding hydrogens is 965 g/mol. The average molecular weight is 1020 g/mol. The van der Waals surface area contributed by atoms with Gasteiger partial charge in [0.2, 0.25) is 0 Å². The summed E-state index contributed by atoms with van der Waals surface area (Å²) in [4.78, 5) is 121. The van der Waals surface area contributed by atoms with Crippen molar-refractivity contribution in [1.29, 1.82) is 0 Å².